The van der Waals surface area contributed by atoms with E-state index in [9.17, 15) is 18.0 Å². The van der Waals surface area contributed by atoms with E-state index in [4.69, 9.17) is 0 Å². The predicted octanol–water partition coefficient (Wildman–Crippen LogP) is -0.763. The van der Waals surface area contributed by atoms with E-state index in [1.807, 2.05) is 0 Å². The summed E-state index contributed by atoms with van der Waals surface area (Å²) in [5, 5.41) is 3.48. The Kier molecular flexibility index (Phi) is 4.67. The molecule has 1 atom stereocenters. The summed E-state index contributed by atoms with van der Waals surface area (Å²) in [6.45, 7) is 1.87. The summed E-state index contributed by atoms with van der Waals surface area (Å²) in [6, 6.07) is 0.486. The Bertz CT molecular complexity index is 828. The van der Waals surface area contributed by atoms with E-state index < -0.39 is 21.3 Å². The first kappa shape index (κ1) is 17.4. The van der Waals surface area contributed by atoms with Gasteiger partial charge in [-0.3, -0.25) is 9.36 Å². The molecule has 0 aliphatic carbocycles. The average molecular weight is 356 g/mol. The summed E-state index contributed by atoms with van der Waals surface area (Å²) in [7, 11) is -1.14. The monoisotopic (exact) mass is 356 g/mol. The number of piperidine rings is 1. The molecule has 3 heterocycles. The van der Waals surface area contributed by atoms with Gasteiger partial charge >= 0.3 is 5.69 Å². The molecule has 0 spiro atoms. The van der Waals surface area contributed by atoms with Gasteiger partial charge in [-0.2, -0.15) is 4.31 Å². The Balaban J connectivity index is 1.82. The van der Waals surface area contributed by atoms with Crippen LogP contribution in [0.3, 0.4) is 0 Å². The molecule has 3 rings (SSSR count). The smallest absolute Gasteiger partial charge is 0.314 e. The molecule has 2 fully saturated rings. The van der Waals surface area contributed by atoms with Crippen LogP contribution >= 0.6 is 0 Å². The van der Waals surface area contributed by atoms with Crippen LogP contribution in [-0.4, -0.2) is 47.5 Å². The van der Waals surface area contributed by atoms with Crippen molar-refractivity contribution in [2.75, 3.05) is 19.6 Å². The highest BCUT2D eigenvalue weighted by Crippen LogP contribution is 2.27. The van der Waals surface area contributed by atoms with Crippen LogP contribution in [0.15, 0.2) is 20.7 Å². The quantitative estimate of drug-likeness (QED) is 0.768. The standard InChI is InChI=1S/C15H24N4O4S/c1-17-10-13(14(20)18(2)15(17)21)24(22,23)19-8-5-11(6-9-19)12-4-3-7-16-12/h10-12,16H,3-9H2,1-2H3. The molecule has 2 aliphatic rings. The molecule has 134 valence electrons. The molecule has 1 unspecified atom stereocenters. The maximum absolute atomic E-state index is 12.8. The number of aromatic nitrogens is 2. The topological polar surface area (TPSA) is 93.4 Å². The summed E-state index contributed by atoms with van der Waals surface area (Å²) < 4.78 is 29.0. The molecule has 0 radical (unpaired) electrons. The van der Waals surface area contributed by atoms with Gasteiger partial charge < -0.3 is 9.88 Å². The number of aryl methyl sites for hydroxylation is 1. The molecule has 0 bridgehead atoms. The van der Waals surface area contributed by atoms with Crippen LogP contribution < -0.4 is 16.6 Å². The van der Waals surface area contributed by atoms with E-state index in [0.717, 1.165) is 41.1 Å². The largest absolute Gasteiger partial charge is 0.330 e. The molecular formula is C15H24N4O4S. The molecule has 0 saturated carbocycles. The lowest BCUT2D eigenvalue weighted by atomic mass is 9.89. The van der Waals surface area contributed by atoms with Crippen LogP contribution in [0.25, 0.3) is 0 Å². The van der Waals surface area contributed by atoms with Gasteiger partial charge in [0.05, 0.1) is 0 Å². The molecule has 9 heteroatoms. The Hall–Kier alpha value is -1.45. The van der Waals surface area contributed by atoms with E-state index >= 15 is 0 Å². The van der Waals surface area contributed by atoms with Gasteiger partial charge in [-0.25, -0.2) is 13.2 Å². The molecule has 2 aliphatic heterocycles. The van der Waals surface area contributed by atoms with E-state index in [1.54, 1.807) is 0 Å². The second kappa shape index (κ2) is 6.45. The second-order valence-corrected chi connectivity index (χ2v) is 8.60. The highest BCUT2D eigenvalue weighted by Gasteiger charge is 2.35. The summed E-state index contributed by atoms with van der Waals surface area (Å²) in [6.07, 6.45) is 5.05. The van der Waals surface area contributed by atoms with Crippen molar-refractivity contribution in [2.45, 2.75) is 36.6 Å². The van der Waals surface area contributed by atoms with Crippen molar-refractivity contribution in [3.63, 3.8) is 0 Å². The molecular weight excluding hydrogens is 332 g/mol. The van der Waals surface area contributed by atoms with Crippen molar-refractivity contribution >= 4 is 10.0 Å². The zero-order valence-corrected chi connectivity index (χ0v) is 14.9. The van der Waals surface area contributed by atoms with Crippen LogP contribution in [0.5, 0.6) is 0 Å². The first-order chi connectivity index (χ1) is 11.3. The van der Waals surface area contributed by atoms with Crippen LogP contribution in [0.2, 0.25) is 0 Å². The van der Waals surface area contributed by atoms with E-state index in [1.165, 1.54) is 24.8 Å². The molecule has 1 aromatic rings. The summed E-state index contributed by atoms with van der Waals surface area (Å²) in [5.41, 5.74) is -1.30. The first-order valence-corrected chi connectivity index (χ1v) is 9.76. The van der Waals surface area contributed by atoms with Gasteiger partial charge in [0.15, 0.2) is 4.90 Å². The molecule has 1 aromatic heterocycles. The zero-order chi connectivity index (χ0) is 17.5. The lowest BCUT2D eigenvalue weighted by Crippen LogP contribution is -2.46. The third kappa shape index (κ3) is 2.96. The number of nitrogens with zero attached hydrogens (tertiary/aromatic N) is 3. The lowest BCUT2D eigenvalue weighted by molar-refractivity contribution is 0.234. The van der Waals surface area contributed by atoms with Gasteiger partial charge in [0, 0.05) is 39.4 Å². The highest BCUT2D eigenvalue weighted by molar-refractivity contribution is 7.89. The van der Waals surface area contributed by atoms with Gasteiger partial charge in [-0.15, -0.1) is 0 Å². The molecule has 24 heavy (non-hydrogen) atoms. The van der Waals surface area contributed by atoms with Crippen LogP contribution in [0.1, 0.15) is 25.7 Å². The molecule has 0 aromatic carbocycles. The van der Waals surface area contributed by atoms with Crippen molar-refractivity contribution in [2.24, 2.45) is 20.0 Å². The molecule has 2 saturated heterocycles. The van der Waals surface area contributed by atoms with Crippen LogP contribution in [0, 0.1) is 5.92 Å². The van der Waals surface area contributed by atoms with Crippen molar-refractivity contribution in [1.82, 2.24) is 18.8 Å². The van der Waals surface area contributed by atoms with Gasteiger partial charge in [0.25, 0.3) is 5.56 Å². The second-order valence-electron chi connectivity index (χ2n) is 6.70. The van der Waals surface area contributed by atoms with Crippen molar-refractivity contribution < 1.29 is 8.42 Å². The van der Waals surface area contributed by atoms with Crippen LogP contribution in [0.4, 0.5) is 0 Å². The van der Waals surface area contributed by atoms with E-state index in [2.05, 4.69) is 5.32 Å². The van der Waals surface area contributed by atoms with Gasteiger partial charge in [-0.1, -0.05) is 0 Å². The van der Waals surface area contributed by atoms with Crippen molar-refractivity contribution in [1.29, 1.82) is 0 Å². The minimum absolute atomic E-state index is 0.329. The molecule has 1 N–H and O–H groups in total. The molecule has 8 nitrogen and oxygen atoms in total. The Labute approximate surface area is 141 Å². The predicted molar refractivity (Wildman–Crippen MR) is 89.4 cm³/mol. The third-order valence-electron chi connectivity index (χ3n) is 5.20. The third-order valence-corrected chi connectivity index (χ3v) is 7.08. The number of sulfonamides is 1. The van der Waals surface area contributed by atoms with E-state index in [0.29, 0.717) is 25.0 Å². The maximum Gasteiger partial charge on any atom is 0.330 e. The van der Waals surface area contributed by atoms with Crippen molar-refractivity contribution in [3.05, 3.63) is 27.0 Å². The SMILES string of the molecule is Cn1cc(S(=O)(=O)N2CCC(C3CCCN3)CC2)c(=O)n(C)c1=O. The normalized spacial score (nSPS) is 23.7. The summed E-state index contributed by atoms with van der Waals surface area (Å²) in [5.74, 6) is 0.488. The maximum atomic E-state index is 12.8. The number of rotatable bonds is 3. The lowest BCUT2D eigenvalue weighted by Gasteiger charge is -2.34. The van der Waals surface area contributed by atoms with Crippen molar-refractivity contribution in [3.8, 4) is 0 Å². The minimum atomic E-state index is -3.88. The Morgan fingerprint density at radius 3 is 2.38 bits per heavy atom. The Morgan fingerprint density at radius 1 is 1.12 bits per heavy atom. The van der Waals surface area contributed by atoms with Gasteiger partial charge in [0.2, 0.25) is 10.0 Å². The van der Waals surface area contributed by atoms with Gasteiger partial charge in [-0.05, 0) is 38.1 Å². The molecule has 0 amide bonds. The fraction of sp³-hybridized carbons (Fsp3) is 0.733. The number of hydrogen-bond acceptors (Lipinski definition) is 5. The fourth-order valence-corrected chi connectivity index (χ4v) is 5.34. The minimum Gasteiger partial charge on any atom is -0.314 e. The average Bonchev–Trinajstić information content (AvgIpc) is 3.10. The van der Waals surface area contributed by atoms with Gasteiger partial charge in [0.1, 0.15) is 0 Å². The Morgan fingerprint density at radius 2 is 1.79 bits per heavy atom. The van der Waals surface area contributed by atoms with E-state index in [-0.39, 0.29) is 4.90 Å². The number of nitrogens with one attached hydrogen (secondary N) is 1. The summed E-state index contributed by atoms with van der Waals surface area (Å²) in [4.78, 5) is 23.7. The zero-order valence-electron chi connectivity index (χ0n) is 14.1. The van der Waals surface area contributed by atoms with Crippen LogP contribution in [-0.2, 0) is 24.1 Å². The first-order valence-electron chi connectivity index (χ1n) is 8.32. The highest BCUT2D eigenvalue weighted by atomic mass is 32.2. The fourth-order valence-electron chi connectivity index (χ4n) is 3.72. The number of hydrogen-bond donors (Lipinski definition) is 1. The summed E-state index contributed by atoms with van der Waals surface area (Å²) >= 11 is 0.